The zero-order valence-corrected chi connectivity index (χ0v) is 33.4. The number of phenolic OH excluding ortho intramolecular Hbond substituents is 1. The molecule has 2 heterocycles. The summed E-state index contributed by atoms with van der Waals surface area (Å²) >= 11 is 0. The first kappa shape index (κ1) is 47.4. The molecule has 0 aromatic heterocycles. The fourth-order valence-electron chi connectivity index (χ4n) is 6.02. The lowest BCUT2D eigenvalue weighted by Crippen LogP contribution is -2.32. The molecule has 0 saturated carbocycles. The number of rotatable bonds is 6. The Morgan fingerprint density at radius 1 is 0.621 bits per heavy atom. The van der Waals surface area contributed by atoms with E-state index < -0.39 is 60.1 Å². The maximum absolute atomic E-state index is 12.8. The van der Waals surface area contributed by atoms with Crippen LogP contribution in [0, 0.1) is 11.8 Å². The molecule has 0 spiro atoms. The summed E-state index contributed by atoms with van der Waals surface area (Å²) in [5, 5.41) is 68.7. The number of nitrogen functional groups attached to an aromatic ring is 1. The monoisotopic (exact) mass is 807 g/mol. The molecule has 2 aromatic carbocycles. The van der Waals surface area contributed by atoms with Crippen molar-refractivity contribution in [1.82, 2.24) is 0 Å². The van der Waals surface area contributed by atoms with E-state index in [0.29, 0.717) is 36.8 Å². The van der Waals surface area contributed by atoms with Crippen molar-refractivity contribution in [1.29, 1.82) is 0 Å². The summed E-state index contributed by atoms with van der Waals surface area (Å²) in [4.78, 5) is 49.6. The topological polar surface area (TPSA) is 254 Å². The van der Waals surface area contributed by atoms with Crippen molar-refractivity contribution in [2.45, 2.75) is 103 Å². The number of esters is 2. The number of aromatic hydroxyl groups is 1. The standard InChI is InChI=1S/C22H29NO6.C22H28O7/c1-13-8-9-19(26)21(27)18(25)7-3-6-16-11-15(5-4-10-24)12-17(23)20(16)22(28)29-14(13)2;1-13-8-9-18(25)21(27)17(24)7-3-6-16-11-15(5-4-10-23)12-19(26)20(16)22(28)29-14(13)2/h3,6,8-9,11-14,18,21,24-25,27H,4-5,7,10,23H2,1-2H3;3,6,8-9,11-14,17,21,23-24,26-27H,4-5,7,10H2,1-2H3/b2*6-3+,9-8-/t13-,14-,18-,21-;13-,14+,17+,21+/m01/s1. The molecule has 0 unspecified atom stereocenters. The first-order valence-corrected chi connectivity index (χ1v) is 19.4. The Morgan fingerprint density at radius 2 is 1.03 bits per heavy atom. The lowest BCUT2D eigenvalue weighted by Gasteiger charge is -2.20. The van der Waals surface area contributed by atoms with Crippen LogP contribution >= 0.6 is 0 Å². The third-order valence-corrected chi connectivity index (χ3v) is 9.98. The van der Waals surface area contributed by atoms with Crippen LogP contribution in [0.1, 0.15) is 96.3 Å². The number of carbonyl (C=O) groups excluding carboxylic acids is 4. The largest absolute Gasteiger partial charge is 0.507 e. The number of benzene rings is 2. The van der Waals surface area contributed by atoms with Crippen molar-refractivity contribution in [2.75, 3.05) is 18.9 Å². The number of aryl methyl sites for hydroxylation is 2. The van der Waals surface area contributed by atoms with Gasteiger partial charge in [0.1, 0.15) is 35.7 Å². The van der Waals surface area contributed by atoms with E-state index in [0.717, 1.165) is 11.1 Å². The summed E-state index contributed by atoms with van der Waals surface area (Å²) in [6.07, 6.45) is 7.01. The maximum atomic E-state index is 12.8. The highest BCUT2D eigenvalue weighted by Crippen LogP contribution is 2.29. The Bertz CT molecular complexity index is 1730. The van der Waals surface area contributed by atoms with Crippen molar-refractivity contribution < 1.29 is 64.4 Å². The summed E-state index contributed by atoms with van der Waals surface area (Å²) in [6.45, 7) is 6.92. The molecular weight excluding hydrogens is 750 g/mol. The number of aliphatic hydroxyl groups excluding tert-OH is 6. The number of carbonyl (C=O) groups is 4. The van der Waals surface area contributed by atoms with Crippen LogP contribution in [0.15, 0.2) is 60.7 Å². The maximum Gasteiger partial charge on any atom is 0.342 e. The molecule has 14 nitrogen and oxygen atoms in total. The summed E-state index contributed by atoms with van der Waals surface area (Å²) in [5.74, 6) is -3.37. The van der Waals surface area contributed by atoms with Crippen molar-refractivity contribution in [2.24, 2.45) is 11.8 Å². The number of ether oxygens (including phenoxy) is 2. The van der Waals surface area contributed by atoms with Gasteiger partial charge in [0.15, 0.2) is 11.6 Å². The number of ketones is 2. The molecule has 0 amide bonds. The molecule has 0 saturated heterocycles. The molecule has 8 atom stereocenters. The van der Waals surface area contributed by atoms with Crippen LogP contribution in [0.25, 0.3) is 12.2 Å². The number of hydrogen-bond acceptors (Lipinski definition) is 14. The van der Waals surface area contributed by atoms with Crippen molar-refractivity contribution in [3.05, 3.63) is 94.1 Å². The molecule has 14 heteroatoms. The van der Waals surface area contributed by atoms with Crippen molar-refractivity contribution in [3.8, 4) is 5.75 Å². The van der Waals surface area contributed by atoms with Crippen LogP contribution in [-0.4, -0.2) is 109 Å². The van der Waals surface area contributed by atoms with Gasteiger partial charge in [-0.05, 0) is 98.9 Å². The lowest BCUT2D eigenvalue weighted by molar-refractivity contribution is -0.128. The molecule has 0 aliphatic carbocycles. The quantitative estimate of drug-likeness (QED) is 0.154. The van der Waals surface area contributed by atoms with E-state index in [1.165, 1.54) is 36.4 Å². The molecule has 0 radical (unpaired) electrons. The highest BCUT2D eigenvalue weighted by molar-refractivity contribution is 6.00. The van der Waals surface area contributed by atoms with Gasteiger partial charge in [-0.25, -0.2) is 9.59 Å². The number of hydrogen-bond donors (Lipinski definition) is 8. The van der Waals surface area contributed by atoms with E-state index >= 15 is 0 Å². The number of aliphatic hydroxyl groups is 6. The number of cyclic esters (lactones) is 2. The summed E-state index contributed by atoms with van der Waals surface area (Å²) in [6, 6.07) is 6.65. The normalized spacial score (nSPS) is 28.2. The molecule has 58 heavy (non-hydrogen) atoms. The second kappa shape index (κ2) is 22.8. The van der Waals surface area contributed by atoms with Crippen LogP contribution in [0.3, 0.4) is 0 Å². The number of anilines is 1. The van der Waals surface area contributed by atoms with Gasteiger partial charge < -0.3 is 51.0 Å². The van der Waals surface area contributed by atoms with Gasteiger partial charge in [0.25, 0.3) is 0 Å². The van der Waals surface area contributed by atoms with Gasteiger partial charge in [-0.1, -0.05) is 62.4 Å². The van der Waals surface area contributed by atoms with Gasteiger partial charge in [-0.2, -0.15) is 0 Å². The fourth-order valence-corrected chi connectivity index (χ4v) is 6.02. The van der Waals surface area contributed by atoms with Gasteiger partial charge in [0.2, 0.25) is 0 Å². The molecule has 4 rings (SSSR count). The average molecular weight is 808 g/mol. The summed E-state index contributed by atoms with van der Waals surface area (Å²) in [5.41, 5.74) is 9.13. The molecule has 316 valence electrons. The zero-order chi connectivity index (χ0) is 43.1. The smallest absolute Gasteiger partial charge is 0.342 e. The lowest BCUT2D eigenvalue weighted by atomic mass is 9.97. The minimum absolute atomic E-state index is 0.000187. The first-order valence-electron chi connectivity index (χ1n) is 19.4. The van der Waals surface area contributed by atoms with E-state index in [2.05, 4.69) is 0 Å². The van der Waals surface area contributed by atoms with Gasteiger partial charge in [0, 0.05) is 30.7 Å². The SMILES string of the molecule is C[C@@H]1/C=C\C(=O)[C@@H](O)[C@@H](O)C/C=C/c2cc(CCCO)cc(O)c2C(=O)O[C@H]1C.C[C@@H]1OC(=O)c2c(N)cc(CCCO)cc2/C=C/C[C@H](O)[C@H](O)C(=O)/C=C\[C@@H]1C. The highest BCUT2D eigenvalue weighted by atomic mass is 16.5. The van der Waals surface area contributed by atoms with Gasteiger partial charge in [0.05, 0.1) is 17.8 Å². The van der Waals surface area contributed by atoms with Crippen LogP contribution in [0.5, 0.6) is 5.75 Å². The molecule has 2 aliphatic rings. The Balaban J connectivity index is 0.000000310. The van der Waals surface area contributed by atoms with Gasteiger partial charge >= 0.3 is 11.9 Å². The Morgan fingerprint density at radius 3 is 1.48 bits per heavy atom. The number of nitrogens with two attached hydrogens (primary N) is 1. The molecule has 2 aromatic rings. The molecule has 0 bridgehead atoms. The van der Waals surface area contributed by atoms with Crippen LogP contribution in [0.4, 0.5) is 5.69 Å². The van der Waals surface area contributed by atoms with E-state index in [4.69, 9.17) is 25.4 Å². The Labute approximate surface area is 338 Å². The van der Waals surface area contributed by atoms with Crippen molar-refractivity contribution >= 4 is 41.3 Å². The summed E-state index contributed by atoms with van der Waals surface area (Å²) < 4.78 is 11.0. The predicted molar refractivity (Wildman–Crippen MR) is 217 cm³/mol. The minimum Gasteiger partial charge on any atom is -0.507 e. The minimum atomic E-state index is -1.56. The third kappa shape index (κ3) is 13.6. The average Bonchev–Trinajstić information content (AvgIpc) is 3.18. The first-order chi connectivity index (χ1) is 27.5. The highest BCUT2D eigenvalue weighted by Gasteiger charge is 2.27. The Kier molecular flexibility index (Phi) is 18.7. The second-order valence-corrected chi connectivity index (χ2v) is 14.6. The van der Waals surface area contributed by atoms with Crippen LogP contribution < -0.4 is 5.73 Å². The second-order valence-electron chi connectivity index (χ2n) is 14.6. The third-order valence-electron chi connectivity index (χ3n) is 9.98. The molecule has 0 fully saturated rings. The van der Waals surface area contributed by atoms with E-state index in [9.17, 15) is 44.7 Å². The van der Waals surface area contributed by atoms with Crippen LogP contribution in [-0.2, 0) is 31.9 Å². The predicted octanol–water partition coefficient (Wildman–Crippen LogP) is 3.40. The number of fused-ring (bicyclic) bond motifs is 2. The van der Waals surface area contributed by atoms with Crippen LogP contribution in [0.2, 0.25) is 0 Å². The van der Waals surface area contributed by atoms with Gasteiger partial charge in [-0.3, -0.25) is 9.59 Å². The van der Waals surface area contributed by atoms with E-state index in [1.807, 2.05) is 0 Å². The molecule has 9 N–H and O–H groups in total. The molecular formula is C44H57NO13. The van der Waals surface area contributed by atoms with Gasteiger partial charge in [-0.15, -0.1) is 0 Å². The fraction of sp³-hybridized carbons (Fsp3) is 0.455. The van der Waals surface area contributed by atoms with E-state index in [1.54, 1.807) is 64.1 Å². The van der Waals surface area contributed by atoms with E-state index in [-0.39, 0.29) is 60.5 Å². The van der Waals surface area contributed by atoms with Crippen molar-refractivity contribution in [3.63, 3.8) is 0 Å². The zero-order valence-electron chi connectivity index (χ0n) is 33.4. The number of phenols is 1. The summed E-state index contributed by atoms with van der Waals surface area (Å²) in [7, 11) is 0. The Hall–Kier alpha value is -4.96. The molecule has 2 aliphatic heterocycles.